The largest absolute Gasteiger partial charge is 0.369 e. The number of aromatic nitrogens is 3. The summed E-state index contributed by atoms with van der Waals surface area (Å²) in [5.74, 6) is 0.751. The molecule has 0 amide bonds. The fourth-order valence-electron chi connectivity index (χ4n) is 2.77. The molecule has 2 atom stereocenters. The van der Waals surface area contributed by atoms with Crippen molar-refractivity contribution in [2.45, 2.75) is 43.5 Å². The zero-order chi connectivity index (χ0) is 16.3. The average molecular weight is 336 g/mol. The van der Waals surface area contributed by atoms with Crippen LogP contribution in [0, 0.1) is 0 Å². The van der Waals surface area contributed by atoms with Gasteiger partial charge in [0.15, 0.2) is 5.03 Å². The molecule has 2 aromatic rings. The highest BCUT2D eigenvalue weighted by Gasteiger charge is 2.34. The van der Waals surface area contributed by atoms with Crippen molar-refractivity contribution in [3.63, 3.8) is 0 Å². The summed E-state index contributed by atoms with van der Waals surface area (Å²) in [6.07, 6.45) is 6.16. The summed E-state index contributed by atoms with van der Waals surface area (Å²) < 4.78 is 35.6. The molecule has 0 bridgehead atoms. The molecule has 0 aromatic carbocycles. The van der Waals surface area contributed by atoms with E-state index in [1.165, 1.54) is 12.3 Å². The van der Waals surface area contributed by atoms with Crippen molar-refractivity contribution >= 4 is 10.0 Å². The lowest BCUT2D eigenvalue weighted by molar-refractivity contribution is -0.0116. The Balaban J connectivity index is 1.85. The molecule has 23 heavy (non-hydrogen) atoms. The maximum Gasteiger partial charge on any atom is 0.258 e. The van der Waals surface area contributed by atoms with Gasteiger partial charge in [-0.25, -0.2) is 23.1 Å². The zero-order valence-corrected chi connectivity index (χ0v) is 13.7. The minimum Gasteiger partial charge on any atom is -0.369 e. The van der Waals surface area contributed by atoms with Gasteiger partial charge in [-0.1, -0.05) is 6.07 Å². The lowest BCUT2D eigenvalue weighted by atomic mass is 10.0. The van der Waals surface area contributed by atoms with Gasteiger partial charge in [0.1, 0.15) is 11.9 Å². The Morgan fingerprint density at radius 2 is 2.22 bits per heavy atom. The van der Waals surface area contributed by atoms with E-state index in [1.54, 1.807) is 18.3 Å². The lowest BCUT2D eigenvalue weighted by Crippen LogP contribution is -2.43. The van der Waals surface area contributed by atoms with Crippen LogP contribution in [0.3, 0.4) is 0 Å². The molecule has 0 aliphatic carbocycles. The fraction of sp³-hybridized carbons (Fsp3) is 0.467. The molecule has 0 saturated carbocycles. The Kier molecular flexibility index (Phi) is 4.74. The summed E-state index contributed by atoms with van der Waals surface area (Å²) in [5.41, 5.74) is 0. The van der Waals surface area contributed by atoms with E-state index in [1.807, 2.05) is 17.7 Å². The second kappa shape index (κ2) is 6.77. The van der Waals surface area contributed by atoms with Gasteiger partial charge in [0.2, 0.25) is 0 Å². The molecule has 0 unspecified atom stereocenters. The summed E-state index contributed by atoms with van der Waals surface area (Å²) in [5, 5.41) is 0.0168. The van der Waals surface area contributed by atoms with Crippen LogP contribution in [0.2, 0.25) is 0 Å². The number of hydrogen-bond donors (Lipinski definition) is 1. The predicted octanol–water partition coefficient (Wildman–Crippen LogP) is 1.50. The van der Waals surface area contributed by atoms with Crippen LogP contribution < -0.4 is 4.72 Å². The number of nitrogens with one attached hydrogen (secondary N) is 1. The molecule has 1 fully saturated rings. The number of imidazole rings is 1. The van der Waals surface area contributed by atoms with Crippen molar-refractivity contribution in [2.75, 3.05) is 6.61 Å². The van der Waals surface area contributed by atoms with Gasteiger partial charge in [-0.05, 0) is 31.9 Å². The summed E-state index contributed by atoms with van der Waals surface area (Å²) in [6.45, 7) is 3.37. The Morgan fingerprint density at radius 1 is 1.35 bits per heavy atom. The fourth-order valence-corrected chi connectivity index (χ4v) is 3.99. The van der Waals surface area contributed by atoms with Crippen LogP contribution >= 0.6 is 0 Å². The second-order valence-electron chi connectivity index (χ2n) is 5.40. The maximum absolute atomic E-state index is 12.5. The van der Waals surface area contributed by atoms with E-state index in [2.05, 4.69) is 14.7 Å². The molecule has 7 nitrogen and oxygen atoms in total. The minimum absolute atomic E-state index is 0.0168. The zero-order valence-electron chi connectivity index (χ0n) is 12.9. The lowest BCUT2D eigenvalue weighted by Gasteiger charge is -2.31. The third-order valence-electron chi connectivity index (χ3n) is 3.88. The highest BCUT2D eigenvalue weighted by atomic mass is 32.2. The first-order chi connectivity index (χ1) is 11.1. The van der Waals surface area contributed by atoms with Gasteiger partial charge in [-0.2, -0.15) is 0 Å². The topological polar surface area (TPSA) is 86.1 Å². The van der Waals surface area contributed by atoms with Gasteiger partial charge in [0.25, 0.3) is 10.0 Å². The molecule has 0 spiro atoms. The number of pyridine rings is 1. The molecule has 2 aromatic heterocycles. The molecule has 124 valence electrons. The van der Waals surface area contributed by atoms with Crippen LogP contribution in [-0.4, -0.2) is 35.6 Å². The first kappa shape index (κ1) is 16.1. The molecular formula is C15H20N4O3S. The van der Waals surface area contributed by atoms with Gasteiger partial charge < -0.3 is 9.30 Å². The molecule has 1 aliphatic rings. The molecule has 0 radical (unpaired) electrons. The number of rotatable bonds is 5. The maximum atomic E-state index is 12.5. The normalized spacial score (nSPS) is 22.1. The summed E-state index contributed by atoms with van der Waals surface area (Å²) in [7, 11) is -3.68. The number of sulfonamides is 1. The molecule has 8 heteroatoms. The van der Waals surface area contributed by atoms with Crippen LogP contribution in [0.4, 0.5) is 0 Å². The Hall–Kier alpha value is -1.77. The van der Waals surface area contributed by atoms with Gasteiger partial charge in [-0.15, -0.1) is 0 Å². The Bertz CT molecular complexity index is 745. The van der Waals surface area contributed by atoms with E-state index in [0.29, 0.717) is 13.0 Å². The summed E-state index contributed by atoms with van der Waals surface area (Å²) in [6, 6.07) is 4.46. The van der Waals surface area contributed by atoms with Gasteiger partial charge in [0, 0.05) is 31.7 Å². The first-order valence-corrected chi connectivity index (χ1v) is 9.16. The molecular weight excluding hydrogens is 316 g/mol. The standard InChI is InChI=1S/C15H20N4O3S/c1-2-19-10-9-17-15(19)14-12(6-5-11-22-14)18-23(20,21)13-7-3-4-8-16-13/h3-4,7-10,12,14,18H,2,5-6,11H2,1H3/t12-,14-/m1/s1. The van der Waals surface area contributed by atoms with Crippen molar-refractivity contribution in [3.8, 4) is 0 Å². The second-order valence-corrected chi connectivity index (χ2v) is 7.06. The van der Waals surface area contributed by atoms with Crippen LogP contribution in [0.5, 0.6) is 0 Å². The number of aryl methyl sites for hydroxylation is 1. The average Bonchev–Trinajstić information content (AvgIpc) is 3.04. The SMILES string of the molecule is CCn1ccnc1[C@@H]1OCCC[C@H]1NS(=O)(=O)c1ccccn1. The van der Waals surface area contributed by atoms with Crippen LogP contribution in [0.15, 0.2) is 41.8 Å². The summed E-state index contributed by atoms with van der Waals surface area (Å²) >= 11 is 0. The van der Waals surface area contributed by atoms with Crippen molar-refractivity contribution in [1.29, 1.82) is 0 Å². The van der Waals surface area contributed by atoms with E-state index in [4.69, 9.17) is 4.74 Å². The number of nitrogens with zero attached hydrogens (tertiary/aromatic N) is 3. The molecule has 1 saturated heterocycles. The molecule has 3 heterocycles. The van der Waals surface area contributed by atoms with E-state index in [0.717, 1.165) is 18.8 Å². The van der Waals surface area contributed by atoms with Gasteiger partial charge in [0.05, 0.1) is 6.04 Å². The molecule has 3 rings (SSSR count). The first-order valence-electron chi connectivity index (χ1n) is 7.68. The highest BCUT2D eigenvalue weighted by Crippen LogP contribution is 2.28. The number of ether oxygens (including phenoxy) is 1. The van der Waals surface area contributed by atoms with E-state index in [-0.39, 0.29) is 11.1 Å². The Morgan fingerprint density at radius 3 is 2.96 bits per heavy atom. The van der Waals surface area contributed by atoms with Gasteiger partial charge >= 0.3 is 0 Å². The van der Waals surface area contributed by atoms with Crippen molar-refractivity contribution in [3.05, 3.63) is 42.6 Å². The number of hydrogen-bond acceptors (Lipinski definition) is 5. The van der Waals surface area contributed by atoms with Crippen LogP contribution in [-0.2, 0) is 21.3 Å². The minimum atomic E-state index is -3.68. The van der Waals surface area contributed by atoms with E-state index in [9.17, 15) is 8.42 Å². The molecule has 1 N–H and O–H groups in total. The van der Waals surface area contributed by atoms with E-state index >= 15 is 0 Å². The van der Waals surface area contributed by atoms with Gasteiger partial charge in [-0.3, -0.25) is 0 Å². The van der Waals surface area contributed by atoms with Crippen molar-refractivity contribution in [2.24, 2.45) is 0 Å². The van der Waals surface area contributed by atoms with Crippen molar-refractivity contribution in [1.82, 2.24) is 19.3 Å². The van der Waals surface area contributed by atoms with Crippen molar-refractivity contribution < 1.29 is 13.2 Å². The monoisotopic (exact) mass is 336 g/mol. The van der Waals surface area contributed by atoms with Crippen LogP contribution in [0.1, 0.15) is 31.7 Å². The molecule has 1 aliphatic heterocycles. The summed E-state index contributed by atoms with van der Waals surface area (Å²) in [4.78, 5) is 8.28. The highest BCUT2D eigenvalue weighted by molar-refractivity contribution is 7.89. The predicted molar refractivity (Wildman–Crippen MR) is 84.2 cm³/mol. The smallest absolute Gasteiger partial charge is 0.258 e. The Labute approximate surface area is 135 Å². The van der Waals surface area contributed by atoms with E-state index < -0.39 is 16.1 Å². The third kappa shape index (κ3) is 3.44. The quantitative estimate of drug-likeness (QED) is 0.894. The van der Waals surface area contributed by atoms with Crippen LogP contribution in [0.25, 0.3) is 0 Å². The third-order valence-corrected chi connectivity index (χ3v) is 5.29.